The Labute approximate surface area is 130 Å². The van der Waals surface area contributed by atoms with Crippen molar-refractivity contribution in [2.45, 2.75) is 39.2 Å². The van der Waals surface area contributed by atoms with Crippen molar-refractivity contribution >= 4 is 11.8 Å². The molecule has 0 unspecified atom stereocenters. The van der Waals surface area contributed by atoms with Gasteiger partial charge in [0.05, 0.1) is 5.69 Å². The van der Waals surface area contributed by atoms with E-state index in [2.05, 4.69) is 16.0 Å². The average Bonchev–Trinajstić information content (AvgIpc) is 2.98. The minimum absolute atomic E-state index is 0.299. The molecule has 0 atom stereocenters. The number of fused-ring (bicyclic) bond motifs is 1. The standard InChI is InChI=1S/C17H21N3O2/c1-17(2,3)22-16(21)20-11-5-7-12-6-4-8-13(14(12)20)15-18-9-10-19-15/h4,6,8-10H,5,7,11H2,1-3H3,(H,18,19). The second kappa shape index (κ2) is 5.48. The average molecular weight is 299 g/mol. The van der Waals surface area contributed by atoms with Crippen molar-refractivity contribution in [3.8, 4) is 11.4 Å². The molecule has 22 heavy (non-hydrogen) atoms. The van der Waals surface area contributed by atoms with Crippen LogP contribution in [0.5, 0.6) is 0 Å². The lowest BCUT2D eigenvalue weighted by Crippen LogP contribution is -2.40. The number of hydrogen-bond acceptors (Lipinski definition) is 3. The van der Waals surface area contributed by atoms with E-state index in [9.17, 15) is 4.79 Å². The topological polar surface area (TPSA) is 58.2 Å². The van der Waals surface area contributed by atoms with Crippen LogP contribution in [0.2, 0.25) is 0 Å². The molecule has 1 aromatic heterocycles. The molecule has 3 rings (SSSR count). The Bertz CT molecular complexity index is 672. The van der Waals surface area contributed by atoms with E-state index in [1.165, 1.54) is 0 Å². The molecule has 0 aliphatic carbocycles. The Kier molecular flexibility index (Phi) is 3.64. The van der Waals surface area contributed by atoms with Crippen molar-refractivity contribution < 1.29 is 9.53 Å². The van der Waals surface area contributed by atoms with E-state index in [1.807, 2.05) is 32.9 Å². The summed E-state index contributed by atoms with van der Waals surface area (Å²) in [5.74, 6) is 0.771. The first-order valence-electron chi connectivity index (χ1n) is 7.58. The number of rotatable bonds is 1. The fraction of sp³-hybridized carbons (Fsp3) is 0.412. The molecule has 0 saturated heterocycles. The first kappa shape index (κ1) is 14.6. The predicted octanol–water partition coefficient (Wildman–Crippen LogP) is 3.76. The highest BCUT2D eigenvalue weighted by Crippen LogP contribution is 2.36. The number of ether oxygens (including phenoxy) is 1. The summed E-state index contributed by atoms with van der Waals surface area (Å²) in [6.45, 7) is 6.32. The van der Waals surface area contributed by atoms with E-state index < -0.39 is 5.60 Å². The third-order valence-corrected chi connectivity index (χ3v) is 3.58. The maximum Gasteiger partial charge on any atom is 0.414 e. The summed E-state index contributed by atoms with van der Waals surface area (Å²) < 4.78 is 5.56. The Hall–Kier alpha value is -2.30. The molecule has 1 aromatic carbocycles. The number of aromatic amines is 1. The van der Waals surface area contributed by atoms with Crippen molar-refractivity contribution in [1.82, 2.24) is 9.97 Å². The summed E-state index contributed by atoms with van der Waals surface area (Å²) in [7, 11) is 0. The Morgan fingerprint density at radius 2 is 2.18 bits per heavy atom. The Morgan fingerprint density at radius 3 is 2.86 bits per heavy atom. The van der Waals surface area contributed by atoms with Crippen LogP contribution in [0, 0.1) is 0 Å². The molecule has 0 fully saturated rings. The van der Waals surface area contributed by atoms with Crippen LogP contribution in [0.1, 0.15) is 32.8 Å². The van der Waals surface area contributed by atoms with Gasteiger partial charge in [0.1, 0.15) is 11.4 Å². The van der Waals surface area contributed by atoms with Crippen molar-refractivity contribution in [2.75, 3.05) is 11.4 Å². The molecule has 1 amide bonds. The SMILES string of the molecule is CC(C)(C)OC(=O)N1CCCc2cccc(-c3ncc[nH]3)c21. The van der Waals surface area contributed by atoms with E-state index in [4.69, 9.17) is 4.74 Å². The smallest absolute Gasteiger partial charge is 0.414 e. The van der Waals surface area contributed by atoms with Gasteiger partial charge in [-0.3, -0.25) is 4.90 Å². The number of nitrogens with one attached hydrogen (secondary N) is 1. The van der Waals surface area contributed by atoms with Crippen LogP contribution in [-0.4, -0.2) is 28.2 Å². The van der Waals surface area contributed by atoms with Crippen molar-refractivity contribution in [3.63, 3.8) is 0 Å². The van der Waals surface area contributed by atoms with Crippen LogP contribution in [0.4, 0.5) is 10.5 Å². The molecule has 5 nitrogen and oxygen atoms in total. The highest BCUT2D eigenvalue weighted by Gasteiger charge is 2.29. The number of para-hydroxylation sites is 1. The van der Waals surface area contributed by atoms with E-state index in [1.54, 1.807) is 17.3 Å². The number of benzene rings is 1. The molecule has 116 valence electrons. The van der Waals surface area contributed by atoms with Gasteiger partial charge in [-0.25, -0.2) is 9.78 Å². The minimum atomic E-state index is -0.506. The quantitative estimate of drug-likeness (QED) is 0.872. The van der Waals surface area contributed by atoms with E-state index >= 15 is 0 Å². The summed E-state index contributed by atoms with van der Waals surface area (Å²) in [5.41, 5.74) is 2.51. The largest absolute Gasteiger partial charge is 0.443 e. The fourth-order valence-corrected chi connectivity index (χ4v) is 2.75. The first-order chi connectivity index (χ1) is 10.5. The van der Waals surface area contributed by atoms with E-state index in [0.29, 0.717) is 6.54 Å². The normalized spacial score (nSPS) is 14.6. The van der Waals surface area contributed by atoms with Gasteiger partial charge >= 0.3 is 6.09 Å². The van der Waals surface area contributed by atoms with Crippen LogP contribution in [0.3, 0.4) is 0 Å². The molecule has 2 aromatic rings. The highest BCUT2D eigenvalue weighted by molar-refractivity contribution is 5.95. The third kappa shape index (κ3) is 2.84. The molecule has 0 spiro atoms. The van der Waals surface area contributed by atoms with Crippen LogP contribution in [0.15, 0.2) is 30.6 Å². The number of anilines is 1. The molecule has 0 radical (unpaired) electrons. The number of carbonyl (C=O) groups excluding carboxylic acids is 1. The molecular formula is C17H21N3O2. The lowest BCUT2D eigenvalue weighted by atomic mass is 9.97. The molecule has 1 aliphatic rings. The fourth-order valence-electron chi connectivity index (χ4n) is 2.75. The maximum absolute atomic E-state index is 12.6. The number of H-pyrrole nitrogens is 1. The predicted molar refractivity (Wildman–Crippen MR) is 85.9 cm³/mol. The zero-order chi connectivity index (χ0) is 15.7. The van der Waals surface area contributed by atoms with Crippen LogP contribution in [-0.2, 0) is 11.2 Å². The molecule has 5 heteroatoms. The lowest BCUT2D eigenvalue weighted by molar-refractivity contribution is 0.0578. The second-order valence-electron chi connectivity index (χ2n) is 6.49. The van der Waals surface area contributed by atoms with Crippen LogP contribution >= 0.6 is 0 Å². The first-order valence-corrected chi connectivity index (χ1v) is 7.58. The number of imidazole rings is 1. The number of hydrogen-bond donors (Lipinski definition) is 1. The van der Waals surface area contributed by atoms with Crippen molar-refractivity contribution in [1.29, 1.82) is 0 Å². The zero-order valence-electron chi connectivity index (χ0n) is 13.2. The Morgan fingerprint density at radius 1 is 1.36 bits per heavy atom. The number of amides is 1. The Balaban J connectivity index is 2.03. The van der Waals surface area contributed by atoms with Gasteiger partial charge < -0.3 is 9.72 Å². The highest BCUT2D eigenvalue weighted by atomic mass is 16.6. The lowest BCUT2D eigenvalue weighted by Gasteiger charge is -2.33. The van der Waals surface area contributed by atoms with Crippen molar-refractivity contribution in [2.24, 2.45) is 0 Å². The van der Waals surface area contributed by atoms with Crippen molar-refractivity contribution in [3.05, 3.63) is 36.2 Å². The summed E-state index contributed by atoms with van der Waals surface area (Å²) >= 11 is 0. The van der Waals surface area contributed by atoms with Gasteiger partial charge in [-0.15, -0.1) is 0 Å². The summed E-state index contributed by atoms with van der Waals surface area (Å²) in [5, 5.41) is 0. The summed E-state index contributed by atoms with van der Waals surface area (Å²) in [6.07, 6.45) is 5.11. The molecule has 1 N–H and O–H groups in total. The number of aryl methyl sites for hydroxylation is 1. The van der Waals surface area contributed by atoms with Gasteiger partial charge in [0.15, 0.2) is 0 Å². The summed E-state index contributed by atoms with van der Waals surface area (Å²) in [6, 6.07) is 6.06. The molecular weight excluding hydrogens is 278 g/mol. The van der Waals surface area contributed by atoms with E-state index in [0.717, 1.165) is 35.5 Å². The number of carbonyl (C=O) groups is 1. The van der Waals surface area contributed by atoms with Gasteiger partial charge in [0, 0.05) is 24.5 Å². The molecule has 2 heterocycles. The zero-order valence-corrected chi connectivity index (χ0v) is 13.2. The molecule has 0 bridgehead atoms. The number of aromatic nitrogens is 2. The van der Waals surface area contributed by atoms with Gasteiger partial charge in [0.2, 0.25) is 0 Å². The van der Waals surface area contributed by atoms with Crippen LogP contribution in [0.25, 0.3) is 11.4 Å². The number of nitrogens with zero attached hydrogens (tertiary/aromatic N) is 2. The van der Waals surface area contributed by atoms with E-state index in [-0.39, 0.29) is 6.09 Å². The van der Waals surface area contributed by atoms with Gasteiger partial charge in [-0.2, -0.15) is 0 Å². The van der Waals surface area contributed by atoms with Gasteiger partial charge in [0.25, 0.3) is 0 Å². The monoisotopic (exact) mass is 299 g/mol. The third-order valence-electron chi connectivity index (χ3n) is 3.58. The minimum Gasteiger partial charge on any atom is -0.443 e. The second-order valence-corrected chi connectivity index (χ2v) is 6.49. The maximum atomic E-state index is 12.6. The molecule has 1 aliphatic heterocycles. The molecule has 0 saturated carbocycles. The summed E-state index contributed by atoms with van der Waals surface area (Å²) in [4.78, 5) is 21.8. The van der Waals surface area contributed by atoms with Crippen LogP contribution < -0.4 is 4.90 Å². The van der Waals surface area contributed by atoms with Gasteiger partial charge in [-0.1, -0.05) is 12.1 Å². The van der Waals surface area contributed by atoms with Gasteiger partial charge in [-0.05, 0) is 45.2 Å².